The molecule has 0 saturated heterocycles. The molecule has 0 aromatic heterocycles. The Labute approximate surface area is 158 Å². The summed E-state index contributed by atoms with van der Waals surface area (Å²) >= 11 is 1.43. The molecule has 1 aliphatic heterocycles. The van der Waals surface area contributed by atoms with Gasteiger partial charge in [-0.05, 0) is 24.8 Å². The summed E-state index contributed by atoms with van der Waals surface area (Å²) in [6, 6.07) is 9.54. The average molecular weight is 376 g/mol. The van der Waals surface area contributed by atoms with Crippen molar-refractivity contribution in [2.45, 2.75) is 20.3 Å². The molecule has 0 fully saturated rings. The van der Waals surface area contributed by atoms with Crippen LogP contribution in [-0.2, 0) is 19.1 Å². The van der Waals surface area contributed by atoms with E-state index in [2.05, 4.69) is 0 Å². The Morgan fingerprint density at radius 3 is 2.62 bits per heavy atom. The Morgan fingerprint density at radius 2 is 1.96 bits per heavy atom. The van der Waals surface area contributed by atoms with Crippen LogP contribution in [0.15, 0.2) is 35.7 Å². The fraction of sp³-hybridized carbons (Fsp3) is 0.421. The molecule has 0 radical (unpaired) electrons. The van der Waals surface area contributed by atoms with E-state index in [-0.39, 0.29) is 37.3 Å². The maximum absolute atomic E-state index is 12.7. The van der Waals surface area contributed by atoms with Crippen LogP contribution < -0.4 is 0 Å². The van der Waals surface area contributed by atoms with Crippen molar-refractivity contribution in [2.24, 2.45) is 0 Å². The Bertz CT molecular complexity index is 675. The van der Waals surface area contributed by atoms with Gasteiger partial charge in [0.2, 0.25) is 11.8 Å². The third-order valence-corrected chi connectivity index (χ3v) is 4.79. The Kier molecular flexibility index (Phi) is 7.72. The highest BCUT2D eigenvalue weighted by Crippen LogP contribution is 2.28. The first-order valence-corrected chi connectivity index (χ1v) is 9.72. The van der Waals surface area contributed by atoms with Crippen molar-refractivity contribution >= 4 is 35.2 Å². The molecule has 2 amide bonds. The Hall–Kier alpha value is -2.28. The minimum atomic E-state index is -0.325. The van der Waals surface area contributed by atoms with Crippen LogP contribution in [0, 0.1) is 0 Å². The number of hydrogen-bond acceptors (Lipinski definition) is 5. The molecule has 26 heavy (non-hydrogen) atoms. The molecule has 0 unspecified atom stereocenters. The molecule has 1 heterocycles. The minimum absolute atomic E-state index is 0.0310. The second-order valence-electron chi connectivity index (χ2n) is 5.69. The van der Waals surface area contributed by atoms with Crippen molar-refractivity contribution in [3.8, 4) is 0 Å². The highest BCUT2D eigenvalue weighted by Gasteiger charge is 2.27. The SMILES string of the molecule is CCOC(=O)CCN(CC)C(=O)CN1C(=O)CSC=C1c1ccccc1. The molecule has 6 nitrogen and oxygen atoms in total. The maximum Gasteiger partial charge on any atom is 0.307 e. The van der Waals surface area contributed by atoms with Crippen molar-refractivity contribution in [1.82, 2.24) is 9.80 Å². The van der Waals surface area contributed by atoms with Crippen molar-refractivity contribution in [1.29, 1.82) is 0 Å². The lowest BCUT2D eigenvalue weighted by Gasteiger charge is -2.30. The summed E-state index contributed by atoms with van der Waals surface area (Å²) in [6.45, 7) is 4.65. The van der Waals surface area contributed by atoms with E-state index in [9.17, 15) is 14.4 Å². The van der Waals surface area contributed by atoms with E-state index in [0.29, 0.717) is 18.9 Å². The van der Waals surface area contributed by atoms with Gasteiger partial charge in [0, 0.05) is 13.1 Å². The summed E-state index contributed by atoms with van der Waals surface area (Å²) in [6.07, 6.45) is 0.151. The number of benzene rings is 1. The van der Waals surface area contributed by atoms with Crippen LogP contribution in [0.5, 0.6) is 0 Å². The molecule has 0 saturated carbocycles. The number of amides is 2. The van der Waals surface area contributed by atoms with Crippen molar-refractivity contribution < 1.29 is 19.1 Å². The van der Waals surface area contributed by atoms with Gasteiger partial charge in [-0.25, -0.2) is 0 Å². The van der Waals surface area contributed by atoms with E-state index >= 15 is 0 Å². The molecule has 1 aromatic carbocycles. The van der Waals surface area contributed by atoms with E-state index in [1.165, 1.54) is 16.7 Å². The molecule has 0 aliphatic carbocycles. The summed E-state index contributed by atoms with van der Waals surface area (Å²) in [7, 11) is 0. The number of likely N-dealkylation sites (N-methyl/N-ethyl adjacent to an activating group) is 1. The average Bonchev–Trinajstić information content (AvgIpc) is 2.65. The molecule has 0 N–H and O–H groups in total. The number of nitrogens with zero attached hydrogens (tertiary/aromatic N) is 2. The maximum atomic E-state index is 12.7. The lowest BCUT2D eigenvalue weighted by Crippen LogP contribution is -2.44. The van der Waals surface area contributed by atoms with Gasteiger partial charge in [-0.2, -0.15) is 0 Å². The van der Waals surface area contributed by atoms with E-state index in [1.54, 1.807) is 11.8 Å². The summed E-state index contributed by atoms with van der Waals surface area (Å²) < 4.78 is 4.91. The number of hydrogen-bond donors (Lipinski definition) is 0. The largest absolute Gasteiger partial charge is 0.466 e. The summed E-state index contributed by atoms with van der Waals surface area (Å²) in [5, 5.41) is 1.92. The van der Waals surface area contributed by atoms with Gasteiger partial charge in [0.1, 0.15) is 6.54 Å². The molecule has 0 bridgehead atoms. The molecule has 2 rings (SSSR count). The Morgan fingerprint density at radius 1 is 1.23 bits per heavy atom. The first-order valence-electron chi connectivity index (χ1n) is 8.67. The van der Waals surface area contributed by atoms with Crippen molar-refractivity contribution in [3.63, 3.8) is 0 Å². The number of carbonyl (C=O) groups excluding carboxylic acids is 3. The molecule has 140 valence electrons. The topological polar surface area (TPSA) is 66.9 Å². The quantitative estimate of drug-likeness (QED) is 0.652. The number of rotatable bonds is 8. The van der Waals surface area contributed by atoms with Gasteiger partial charge >= 0.3 is 5.97 Å². The smallest absolute Gasteiger partial charge is 0.307 e. The van der Waals surface area contributed by atoms with Gasteiger partial charge in [0.15, 0.2) is 0 Å². The zero-order chi connectivity index (χ0) is 18.9. The second kappa shape index (κ2) is 10.0. The van der Waals surface area contributed by atoms with E-state index < -0.39 is 0 Å². The summed E-state index contributed by atoms with van der Waals surface area (Å²) in [5.41, 5.74) is 1.64. The fourth-order valence-electron chi connectivity index (χ4n) is 2.63. The van der Waals surface area contributed by atoms with E-state index in [0.717, 1.165) is 11.3 Å². The van der Waals surface area contributed by atoms with Crippen LogP contribution in [-0.4, -0.2) is 59.6 Å². The molecule has 0 spiro atoms. The normalized spacial score (nSPS) is 14.0. The monoisotopic (exact) mass is 376 g/mol. The zero-order valence-corrected chi connectivity index (χ0v) is 16.0. The molecule has 0 atom stereocenters. The van der Waals surface area contributed by atoms with Crippen LogP contribution in [0.1, 0.15) is 25.8 Å². The van der Waals surface area contributed by atoms with Crippen LogP contribution >= 0.6 is 11.8 Å². The van der Waals surface area contributed by atoms with Gasteiger partial charge in [0.25, 0.3) is 0 Å². The number of ether oxygens (including phenoxy) is 1. The number of carbonyl (C=O) groups is 3. The van der Waals surface area contributed by atoms with E-state index in [4.69, 9.17) is 4.74 Å². The van der Waals surface area contributed by atoms with Crippen LogP contribution in [0.2, 0.25) is 0 Å². The molecule has 1 aromatic rings. The first-order chi connectivity index (χ1) is 12.6. The zero-order valence-electron chi connectivity index (χ0n) is 15.1. The van der Waals surface area contributed by atoms with Crippen LogP contribution in [0.4, 0.5) is 0 Å². The van der Waals surface area contributed by atoms with Gasteiger partial charge < -0.3 is 14.5 Å². The summed E-state index contributed by atoms with van der Waals surface area (Å²) in [4.78, 5) is 39.7. The van der Waals surface area contributed by atoms with Crippen LogP contribution in [0.25, 0.3) is 5.70 Å². The van der Waals surface area contributed by atoms with Crippen molar-refractivity contribution in [2.75, 3.05) is 32.0 Å². The van der Waals surface area contributed by atoms with Gasteiger partial charge in [-0.15, -0.1) is 11.8 Å². The predicted octanol–water partition coefficient (Wildman–Crippen LogP) is 2.36. The first kappa shape index (κ1) is 20.0. The van der Waals surface area contributed by atoms with Crippen LogP contribution in [0.3, 0.4) is 0 Å². The highest BCUT2D eigenvalue weighted by molar-refractivity contribution is 8.03. The second-order valence-corrected chi connectivity index (χ2v) is 6.55. The van der Waals surface area contributed by atoms with Crippen molar-refractivity contribution in [3.05, 3.63) is 41.3 Å². The lowest BCUT2D eigenvalue weighted by molar-refractivity contribution is -0.144. The molecular formula is C19H24N2O4S. The van der Waals surface area contributed by atoms with Gasteiger partial charge in [0.05, 0.1) is 24.5 Å². The molecule has 7 heteroatoms. The minimum Gasteiger partial charge on any atom is -0.466 e. The lowest BCUT2D eigenvalue weighted by atomic mass is 10.1. The van der Waals surface area contributed by atoms with E-state index in [1.807, 2.05) is 42.7 Å². The molecule has 1 aliphatic rings. The summed E-state index contributed by atoms with van der Waals surface area (Å²) in [5.74, 6) is -0.280. The predicted molar refractivity (Wildman–Crippen MR) is 102 cm³/mol. The Balaban J connectivity index is 2.06. The fourth-order valence-corrected chi connectivity index (χ4v) is 3.43. The molecular weight excluding hydrogens is 352 g/mol. The van der Waals surface area contributed by atoms with Gasteiger partial charge in [-0.1, -0.05) is 30.3 Å². The van der Waals surface area contributed by atoms with Gasteiger partial charge in [-0.3, -0.25) is 14.4 Å². The number of thioether (sulfide) groups is 1. The standard InChI is InChI=1S/C19H24N2O4S/c1-3-20(11-10-19(24)25-4-2)17(22)12-21-16(13-26-14-18(21)23)15-8-6-5-7-9-15/h5-9,13H,3-4,10-12,14H2,1-2H3. The number of esters is 1. The third kappa shape index (κ3) is 5.36. The highest BCUT2D eigenvalue weighted by atomic mass is 32.2. The third-order valence-electron chi connectivity index (χ3n) is 3.98.